The first-order chi connectivity index (χ1) is 25.3. The van der Waals surface area contributed by atoms with Crippen LogP contribution in [0.1, 0.15) is 11.5 Å². The second-order valence-electron chi connectivity index (χ2n) is 13.1. The summed E-state index contributed by atoms with van der Waals surface area (Å²) >= 11 is 1.84. The number of rotatable bonds is 4. The largest absolute Gasteiger partial charge is 0.456 e. The monoisotopic (exact) mass is 672 g/mol. The average Bonchev–Trinajstić information content (AvgIpc) is 3.87. The van der Waals surface area contributed by atoms with Crippen LogP contribution in [0.25, 0.3) is 76.3 Å². The Bertz CT molecular complexity index is 2830. The molecule has 5 nitrogen and oxygen atoms in total. The van der Waals surface area contributed by atoms with Crippen LogP contribution in [0.3, 0.4) is 0 Å². The smallest absolute Gasteiger partial charge is 0.164 e. The Kier molecular flexibility index (Phi) is 6.18. The van der Waals surface area contributed by atoms with Gasteiger partial charge in [-0.15, -0.1) is 11.3 Å². The molecule has 4 heterocycles. The van der Waals surface area contributed by atoms with Crippen LogP contribution in [0.4, 0.5) is 11.4 Å². The highest BCUT2D eigenvalue weighted by molar-refractivity contribution is 7.26. The topological polar surface area (TPSA) is 55.1 Å². The maximum absolute atomic E-state index is 6.68. The molecule has 2 aliphatic rings. The van der Waals surface area contributed by atoms with Gasteiger partial charge in [-0.3, -0.25) is 0 Å². The lowest BCUT2D eigenvalue weighted by Gasteiger charge is -2.29. The fourth-order valence-corrected chi connectivity index (χ4v) is 9.14. The molecule has 0 spiro atoms. The highest BCUT2D eigenvalue weighted by Gasteiger charge is 2.38. The number of para-hydroxylation sites is 1. The molecule has 0 amide bonds. The SMILES string of the molecule is C1=CC2c3ccccc3N(c3cccc4sc5ccc6oc7cc(-c8nc(-c9ccccc9)nc(-c9ccccc9)n8)ccc7c6c5c34)C2C=C1. The molecule has 0 N–H and O–H groups in total. The van der Waals surface area contributed by atoms with E-state index in [1.165, 1.54) is 37.1 Å². The van der Waals surface area contributed by atoms with Gasteiger partial charge in [0.2, 0.25) is 0 Å². The predicted octanol–water partition coefficient (Wildman–Crippen LogP) is 11.9. The zero-order valence-corrected chi connectivity index (χ0v) is 28.1. The van der Waals surface area contributed by atoms with Crippen molar-refractivity contribution < 1.29 is 4.42 Å². The summed E-state index contributed by atoms with van der Waals surface area (Å²) in [6, 6.07) is 46.7. The Labute approximate surface area is 297 Å². The minimum atomic E-state index is 0.220. The van der Waals surface area contributed by atoms with E-state index in [1.807, 2.05) is 72.0 Å². The quantitative estimate of drug-likeness (QED) is 0.186. The van der Waals surface area contributed by atoms with Crippen molar-refractivity contribution in [2.24, 2.45) is 0 Å². The summed E-state index contributed by atoms with van der Waals surface area (Å²) in [6.07, 6.45) is 9.05. The van der Waals surface area contributed by atoms with Crippen LogP contribution in [0.15, 0.2) is 162 Å². The molecule has 3 aromatic heterocycles. The summed E-state index contributed by atoms with van der Waals surface area (Å²) in [5.74, 6) is 2.20. The van der Waals surface area contributed by atoms with Crippen LogP contribution in [0, 0.1) is 0 Å². The minimum absolute atomic E-state index is 0.220. The first kappa shape index (κ1) is 28.5. The third-order valence-corrected chi connectivity index (χ3v) is 11.4. The predicted molar refractivity (Wildman–Crippen MR) is 210 cm³/mol. The first-order valence-corrected chi connectivity index (χ1v) is 18.0. The van der Waals surface area contributed by atoms with Crippen molar-refractivity contribution in [3.8, 4) is 34.2 Å². The van der Waals surface area contributed by atoms with Gasteiger partial charge in [0.1, 0.15) is 11.2 Å². The molecule has 9 aromatic rings. The minimum Gasteiger partial charge on any atom is -0.456 e. The summed E-state index contributed by atoms with van der Waals surface area (Å²) in [6.45, 7) is 0. The molecule has 2 unspecified atom stereocenters. The molecule has 1 aliphatic carbocycles. The molecule has 11 rings (SSSR count). The average molecular weight is 673 g/mol. The van der Waals surface area contributed by atoms with Crippen LogP contribution in [-0.2, 0) is 0 Å². The Hall–Kier alpha value is -6.37. The molecule has 0 saturated carbocycles. The zero-order valence-electron chi connectivity index (χ0n) is 27.3. The lowest BCUT2D eigenvalue weighted by Crippen LogP contribution is -2.28. The fraction of sp³-hybridized carbons (Fsp3) is 0.0444. The van der Waals surface area contributed by atoms with E-state index >= 15 is 0 Å². The van der Waals surface area contributed by atoms with Gasteiger partial charge in [-0.2, -0.15) is 0 Å². The van der Waals surface area contributed by atoms with Crippen LogP contribution in [0.5, 0.6) is 0 Å². The Morgan fingerprint density at radius 2 is 1.18 bits per heavy atom. The number of aromatic nitrogens is 3. The van der Waals surface area contributed by atoms with E-state index in [1.54, 1.807) is 0 Å². The molecule has 0 fully saturated rings. The molecule has 0 radical (unpaired) electrons. The van der Waals surface area contributed by atoms with Crippen molar-refractivity contribution in [2.45, 2.75) is 12.0 Å². The van der Waals surface area contributed by atoms with Crippen LogP contribution in [0.2, 0.25) is 0 Å². The summed E-state index contributed by atoms with van der Waals surface area (Å²) in [5.41, 5.74) is 8.31. The first-order valence-electron chi connectivity index (χ1n) is 17.2. The van der Waals surface area contributed by atoms with Crippen LogP contribution < -0.4 is 4.90 Å². The van der Waals surface area contributed by atoms with Gasteiger partial charge in [-0.05, 0) is 48.0 Å². The Balaban J connectivity index is 1.12. The highest BCUT2D eigenvalue weighted by Crippen LogP contribution is 2.52. The molecular weight excluding hydrogens is 645 g/mol. The standard InChI is InChI=1S/C45H28N4OS/c1-3-12-27(13-4-1)43-46-44(28-14-5-2-6-15-28)48-45(47-43)29-22-23-32-37(26-29)50-36-24-25-39-42(40(32)36)41-35(20-11-21-38(41)51-39)49-33-18-9-7-16-30(33)31-17-8-10-19-34(31)49/h1-26,30,33H. The second-order valence-corrected chi connectivity index (χ2v) is 14.2. The lowest BCUT2D eigenvalue weighted by molar-refractivity contribution is 0.669. The van der Waals surface area contributed by atoms with Crippen molar-refractivity contribution in [2.75, 3.05) is 4.90 Å². The van der Waals surface area contributed by atoms with Gasteiger partial charge in [0, 0.05) is 59.2 Å². The number of nitrogens with zero attached hydrogens (tertiary/aromatic N) is 4. The van der Waals surface area contributed by atoms with E-state index in [0.717, 1.165) is 38.6 Å². The van der Waals surface area contributed by atoms with Crippen molar-refractivity contribution in [1.82, 2.24) is 15.0 Å². The fourth-order valence-electron chi connectivity index (χ4n) is 8.00. The second kappa shape index (κ2) is 11.1. The highest BCUT2D eigenvalue weighted by atomic mass is 32.1. The molecule has 51 heavy (non-hydrogen) atoms. The van der Waals surface area contributed by atoms with Gasteiger partial charge in [0.15, 0.2) is 17.5 Å². The summed E-state index contributed by atoms with van der Waals surface area (Å²) in [5, 5.41) is 4.73. The van der Waals surface area contributed by atoms with E-state index < -0.39 is 0 Å². The summed E-state index contributed by atoms with van der Waals surface area (Å²) < 4.78 is 9.19. The van der Waals surface area contributed by atoms with Crippen molar-refractivity contribution in [3.05, 3.63) is 163 Å². The van der Waals surface area contributed by atoms with Gasteiger partial charge in [0.05, 0.1) is 11.7 Å². The molecule has 1 aliphatic heterocycles. The number of thiophene rings is 1. The Morgan fingerprint density at radius 3 is 1.96 bits per heavy atom. The molecular formula is C45H28N4OS. The molecule has 0 saturated heterocycles. The van der Waals surface area contributed by atoms with Crippen molar-refractivity contribution in [3.63, 3.8) is 0 Å². The third kappa shape index (κ3) is 4.36. The number of anilines is 2. The number of fused-ring (bicyclic) bond motifs is 10. The van der Waals surface area contributed by atoms with Gasteiger partial charge >= 0.3 is 0 Å². The molecule has 0 bridgehead atoms. The summed E-state index contributed by atoms with van der Waals surface area (Å²) in [4.78, 5) is 17.4. The van der Waals surface area contributed by atoms with E-state index in [-0.39, 0.29) is 6.04 Å². The zero-order chi connectivity index (χ0) is 33.5. The number of allylic oxidation sites excluding steroid dienone is 2. The molecule has 6 aromatic carbocycles. The lowest BCUT2D eigenvalue weighted by atomic mass is 9.91. The number of benzene rings is 6. The summed E-state index contributed by atoms with van der Waals surface area (Å²) in [7, 11) is 0. The maximum Gasteiger partial charge on any atom is 0.164 e. The maximum atomic E-state index is 6.68. The third-order valence-electron chi connectivity index (χ3n) is 10.3. The van der Waals surface area contributed by atoms with Crippen molar-refractivity contribution >= 4 is 64.8 Å². The molecule has 240 valence electrons. The normalized spacial score (nSPS) is 16.4. The Morgan fingerprint density at radius 1 is 0.510 bits per heavy atom. The number of hydrogen-bond donors (Lipinski definition) is 0. The number of furan rings is 1. The molecule has 2 atom stereocenters. The van der Waals surface area contributed by atoms with Gasteiger partial charge in [-0.25, -0.2) is 15.0 Å². The number of hydrogen-bond acceptors (Lipinski definition) is 6. The van der Waals surface area contributed by atoms with Gasteiger partial charge in [0.25, 0.3) is 0 Å². The van der Waals surface area contributed by atoms with Crippen LogP contribution in [-0.4, -0.2) is 21.0 Å². The van der Waals surface area contributed by atoms with Crippen molar-refractivity contribution in [1.29, 1.82) is 0 Å². The van der Waals surface area contributed by atoms with E-state index in [4.69, 9.17) is 19.4 Å². The van der Waals surface area contributed by atoms with E-state index in [9.17, 15) is 0 Å². The van der Waals surface area contributed by atoms with Crippen LogP contribution >= 0.6 is 11.3 Å². The van der Waals surface area contributed by atoms with E-state index in [0.29, 0.717) is 23.4 Å². The molecule has 6 heteroatoms. The van der Waals surface area contributed by atoms with Gasteiger partial charge in [-0.1, -0.05) is 115 Å². The van der Waals surface area contributed by atoms with E-state index in [2.05, 4.69) is 102 Å². The van der Waals surface area contributed by atoms with Gasteiger partial charge < -0.3 is 9.32 Å².